The van der Waals surface area contributed by atoms with Gasteiger partial charge < -0.3 is 10.5 Å². The molecule has 1 rings (SSSR count). The Hall–Kier alpha value is -0.780. The SMILES string of the molecule is CS(=O)(=O)CCC1CCC(OC(N)=O)CC1. The summed E-state index contributed by atoms with van der Waals surface area (Å²) in [5.41, 5.74) is 4.93. The van der Waals surface area contributed by atoms with Crippen molar-refractivity contribution in [1.29, 1.82) is 0 Å². The molecule has 0 unspecified atom stereocenters. The van der Waals surface area contributed by atoms with E-state index >= 15 is 0 Å². The number of nitrogens with two attached hydrogens (primary N) is 1. The van der Waals surface area contributed by atoms with Gasteiger partial charge in [-0.05, 0) is 38.0 Å². The third kappa shape index (κ3) is 5.34. The fraction of sp³-hybridized carbons (Fsp3) is 0.900. The average Bonchev–Trinajstić information content (AvgIpc) is 2.14. The topological polar surface area (TPSA) is 86.5 Å². The molecule has 0 aromatic heterocycles. The average molecular weight is 249 g/mol. The number of hydrogen-bond donors (Lipinski definition) is 1. The maximum Gasteiger partial charge on any atom is 0.404 e. The molecule has 0 atom stereocenters. The van der Waals surface area contributed by atoms with Crippen LogP contribution in [0.3, 0.4) is 0 Å². The summed E-state index contributed by atoms with van der Waals surface area (Å²) in [5, 5.41) is 0. The molecule has 2 N–H and O–H groups in total. The Balaban J connectivity index is 2.24. The Labute approximate surface area is 96.3 Å². The molecular formula is C10H19NO4S. The molecule has 0 radical (unpaired) electrons. The first-order valence-electron chi connectivity index (χ1n) is 5.50. The van der Waals surface area contributed by atoms with Crippen molar-refractivity contribution in [1.82, 2.24) is 0 Å². The monoisotopic (exact) mass is 249 g/mol. The molecule has 0 aliphatic heterocycles. The minimum atomic E-state index is -2.86. The highest BCUT2D eigenvalue weighted by Gasteiger charge is 2.23. The van der Waals surface area contributed by atoms with Gasteiger partial charge in [0.15, 0.2) is 0 Å². The number of sulfone groups is 1. The lowest BCUT2D eigenvalue weighted by atomic mass is 9.86. The first kappa shape index (κ1) is 13.3. The minimum Gasteiger partial charge on any atom is -0.446 e. The number of primary amides is 1. The summed E-state index contributed by atoms with van der Waals surface area (Å²) in [5.74, 6) is 0.682. The van der Waals surface area contributed by atoms with Crippen LogP contribution in [0.4, 0.5) is 4.79 Å². The molecule has 0 aromatic rings. The Kier molecular flexibility index (Phi) is 4.58. The van der Waals surface area contributed by atoms with Gasteiger partial charge in [-0.2, -0.15) is 0 Å². The normalized spacial score (nSPS) is 26.3. The van der Waals surface area contributed by atoms with Crippen molar-refractivity contribution < 1.29 is 17.9 Å². The molecular weight excluding hydrogens is 230 g/mol. The van der Waals surface area contributed by atoms with E-state index in [9.17, 15) is 13.2 Å². The predicted octanol–water partition coefficient (Wildman–Crippen LogP) is 1.08. The van der Waals surface area contributed by atoms with Crippen LogP contribution in [-0.4, -0.2) is 32.6 Å². The molecule has 1 aliphatic carbocycles. The van der Waals surface area contributed by atoms with Crippen molar-refractivity contribution in [3.05, 3.63) is 0 Å². The molecule has 1 amide bonds. The summed E-state index contributed by atoms with van der Waals surface area (Å²) in [4.78, 5) is 10.5. The number of rotatable bonds is 4. The van der Waals surface area contributed by atoms with E-state index in [0.29, 0.717) is 12.3 Å². The van der Waals surface area contributed by atoms with E-state index in [0.717, 1.165) is 25.7 Å². The predicted molar refractivity (Wildman–Crippen MR) is 60.7 cm³/mol. The highest BCUT2D eigenvalue weighted by molar-refractivity contribution is 7.90. The van der Waals surface area contributed by atoms with Crippen molar-refractivity contribution in [3.63, 3.8) is 0 Å². The molecule has 1 fully saturated rings. The Morgan fingerprint density at radius 3 is 2.31 bits per heavy atom. The summed E-state index contributed by atoms with van der Waals surface area (Å²) in [6.07, 6.45) is 4.57. The molecule has 5 nitrogen and oxygen atoms in total. The number of hydrogen-bond acceptors (Lipinski definition) is 4. The second kappa shape index (κ2) is 5.52. The third-order valence-corrected chi connectivity index (χ3v) is 3.95. The molecule has 94 valence electrons. The highest BCUT2D eigenvalue weighted by atomic mass is 32.2. The molecule has 0 aromatic carbocycles. The van der Waals surface area contributed by atoms with E-state index in [1.165, 1.54) is 6.26 Å². The molecule has 0 spiro atoms. The van der Waals surface area contributed by atoms with Gasteiger partial charge in [0, 0.05) is 6.26 Å². The maximum atomic E-state index is 11.0. The summed E-state index contributed by atoms with van der Waals surface area (Å²) >= 11 is 0. The molecule has 6 heteroatoms. The van der Waals surface area contributed by atoms with Crippen LogP contribution in [0.2, 0.25) is 0 Å². The molecule has 0 heterocycles. The lowest BCUT2D eigenvalue weighted by Gasteiger charge is -2.27. The van der Waals surface area contributed by atoms with Gasteiger partial charge in [-0.25, -0.2) is 13.2 Å². The van der Waals surface area contributed by atoms with Crippen molar-refractivity contribution >= 4 is 15.9 Å². The van der Waals surface area contributed by atoms with E-state index in [1.54, 1.807) is 0 Å². The van der Waals surface area contributed by atoms with Crippen LogP contribution in [0.1, 0.15) is 32.1 Å². The van der Waals surface area contributed by atoms with Gasteiger partial charge in [0.1, 0.15) is 15.9 Å². The first-order valence-corrected chi connectivity index (χ1v) is 7.56. The number of amides is 1. The zero-order valence-corrected chi connectivity index (χ0v) is 10.3. The van der Waals surface area contributed by atoms with Crippen LogP contribution in [0.15, 0.2) is 0 Å². The van der Waals surface area contributed by atoms with Gasteiger partial charge in [0.05, 0.1) is 5.75 Å². The zero-order chi connectivity index (χ0) is 12.2. The fourth-order valence-electron chi connectivity index (χ4n) is 2.08. The van der Waals surface area contributed by atoms with Crippen LogP contribution in [0.5, 0.6) is 0 Å². The lowest BCUT2D eigenvalue weighted by molar-refractivity contribution is 0.0707. The quantitative estimate of drug-likeness (QED) is 0.807. The maximum absolute atomic E-state index is 11.0. The van der Waals surface area contributed by atoms with Crippen LogP contribution < -0.4 is 5.73 Å². The fourth-order valence-corrected chi connectivity index (χ4v) is 2.84. The van der Waals surface area contributed by atoms with E-state index in [2.05, 4.69) is 0 Å². The minimum absolute atomic E-state index is 0.0769. The van der Waals surface area contributed by atoms with Gasteiger partial charge in [-0.3, -0.25) is 0 Å². The van der Waals surface area contributed by atoms with Crippen molar-refractivity contribution in [3.8, 4) is 0 Å². The standard InChI is InChI=1S/C10H19NO4S/c1-16(13,14)7-6-8-2-4-9(5-3-8)15-10(11)12/h8-9H,2-7H2,1H3,(H2,11,12). The summed E-state index contributed by atoms with van der Waals surface area (Å²) in [6, 6.07) is 0. The molecule has 0 bridgehead atoms. The van der Waals surface area contributed by atoms with Crippen molar-refractivity contribution in [2.75, 3.05) is 12.0 Å². The molecule has 16 heavy (non-hydrogen) atoms. The van der Waals surface area contributed by atoms with Crippen LogP contribution in [-0.2, 0) is 14.6 Å². The molecule has 0 saturated heterocycles. The number of ether oxygens (including phenoxy) is 1. The Morgan fingerprint density at radius 2 is 1.88 bits per heavy atom. The van der Waals surface area contributed by atoms with Crippen LogP contribution in [0, 0.1) is 5.92 Å². The second-order valence-corrected chi connectivity index (χ2v) is 6.76. The molecule has 1 aliphatic rings. The summed E-state index contributed by atoms with van der Waals surface area (Å²) in [6.45, 7) is 0. The lowest BCUT2D eigenvalue weighted by Crippen LogP contribution is -2.27. The summed E-state index contributed by atoms with van der Waals surface area (Å²) in [7, 11) is -2.86. The zero-order valence-electron chi connectivity index (χ0n) is 9.52. The first-order chi connectivity index (χ1) is 7.37. The third-order valence-electron chi connectivity index (χ3n) is 2.97. The smallest absolute Gasteiger partial charge is 0.404 e. The Morgan fingerprint density at radius 1 is 1.31 bits per heavy atom. The largest absolute Gasteiger partial charge is 0.446 e. The van der Waals surface area contributed by atoms with Gasteiger partial charge in [-0.15, -0.1) is 0 Å². The highest BCUT2D eigenvalue weighted by Crippen LogP contribution is 2.28. The van der Waals surface area contributed by atoms with E-state index in [1.807, 2.05) is 0 Å². The number of carbonyl (C=O) groups is 1. The van der Waals surface area contributed by atoms with Crippen LogP contribution in [0.25, 0.3) is 0 Å². The van der Waals surface area contributed by atoms with E-state index in [4.69, 9.17) is 10.5 Å². The molecule has 1 saturated carbocycles. The van der Waals surface area contributed by atoms with Gasteiger partial charge in [-0.1, -0.05) is 0 Å². The number of carbonyl (C=O) groups excluding carboxylic acids is 1. The van der Waals surface area contributed by atoms with Crippen molar-refractivity contribution in [2.45, 2.75) is 38.2 Å². The van der Waals surface area contributed by atoms with Crippen molar-refractivity contribution in [2.24, 2.45) is 11.7 Å². The Bertz CT molecular complexity index is 331. The van der Waals surface area contributed by atoms with E-state index < -0.39 is 15.9 Å². The van der Waals surface area contributed by atoms with E-state index in [-0.39, 0.29) is 11.9 Å². The van der Waals surface area contributed by atoms with Gasteiger partial charge in [0.25, 0.3) is 0 Å². The van der Waals surface area contributed by atoms with Crippen LogP contribution >= 0.6 is 0 Å². The second-order valence-electron chi connectivity index (χ2n) is 4.50. The van der Waals surface area contributed by atoms with Gasteiger partial charge in [0.2, 0.25) is 0 Å². The van der Waals surface area contributed by atoms with Gasteiger partial charge >= 0.3 is 6.09 Å². The summed E-state index contributed by atoms with van der Waals surface area (Å²) < 4.78 is 26.9.